The standard InChI is InChI=1S/C24H26N2O4S2/c1-18-8-12-20(13-9-18)31-17-16-25-24(27)19-10-14-21(15-11-19)32(28,29)26(2)22-6-4-5-7-23(22)30-3/h4-15H,16-17H2,1-3H3,(H,25,27). The second kappa shape index (κ2) is 10.6. The summed E-state index contributed by atoms with van der Waals surface area (Å²) in [5, 5.41) is 2.87. The maximum atomic E-state index is 13.0. The van der Waals surface area contributed by atoms with Crippen molar-refractivity contribution in [2.45, 2.75) is 16.7 Å². The number of anilines is 1. The number of rotatable bonds is 9. The van der Waals surface area contributed by atoms with E-state index in [0.717, 1.165) is 10.6 Å². The van der Waals surface area contributed by atoms with Gasteiger partial charge < -0.3 is 10.1 Å². The van der Waals surface area contributed by atoms with Crippen molar-refractivity contribution in [1.29, 1.82) is 0 Å². The van der Waals surface area contributed by atoms with Crippen molar-refractivity contribution in [3.05, 3.63) is 83.9 Å². The number of thioether (sulfide) groups is 1. The lowest BCUT2D eigenvalue weighted by Crippen LogP contribution is -2.27. The molecule has 3 rings (SSSR count). The SMILES string of the molecule is COc1ccccc1N(C)S(=O)(=O)c1ccc(C(=O)NCCSc2ccc(C)cc2)cc1. The molecule has 0 bridgehead atoms. The Kier molecular flexibility index (Phi) is 7.82. The molecule has 3 aromatic carbocycles. The molecular weight excluding hydrogens is 444 g/mol. The summed E-state index contributed by atoms with van der Waals surface area (Å²) in [4.78, 5) is 13.7. The lowest BCUT2D eigenvalue weighted by Gasteiger charge is -2.21. The van der Waals surface area contributed by atoms with Gasteiger partial charge in [-0.15, -0.1) is 11.8 Å². The molecule has 1 amide bonds. The van der Waals surface area contributed by atoms with Crippen molar-refractivity contribution in [3.63, 3.8) is 0 Å². The molecule has 0 radical (unpaired) electrons. The molecule has 0 spiro atoms. The highest BCUT2D eigenvalue weighted by molar-refractivity contribution is 7.99. The highest BCUT2D eigenvalue weighted by atomic mass is 32.2. The molecule has 0 aliphatic rings. The summed E-state index contributed by atoms with van der Waals surface area (Å²) in [6, 6.07) is 21.0. The average molecular weight is 471 g/mol. The number of sulfonamides is 1. The van der Waals surface area contributed by atoms with Crippen LogP contribution in [0.5, 0.6) is 5.75 Å². The van der Waals surface area contributed by atoms with Crippen LogP contribution in [0.3, 0.4) is 0 Å². The fraction of sp³-hybridized carbons (Fsp3) is 0.208. The Balaban J connectivity index is 1.60. The van der Waals surface area contributed by atoms with E-state index < -0.39 is 10.0 Å². The Bertz CT molecular complexity index is 1160. The minimum Gasteiger partial charge on any atom is -0.495 e. The molecule has 0 aliphatic heterocycles. The molecule has 168 valence electrons. The van der Waals surface area contributed by atoms with Crippen LogP contribution in [0.25, 0.3) is 0 Å². The first kappa shape index (κ1) is 23.7. The van der Waals surface area contributed by atoms with Crippen LogP contribution in [0.1, 0.15) is 15.9 Å². The lowest BCUT2D eigenvalue weighted by atomic mass is 10.2. The Labute approximate surface area is 193 Å². The lowest BCUT2D eigenvalue weighted by molar-refractivity contribution is 0.0956. The largest absolute Gasteiger partial charge is 0.495 e. The van der Waals surface area contributed by atoms with Gasteiger partial charge in [0.05, 0.1) is 17.7 Å². The summed E-state index contributed by atoms with van der Waals surface area (Å²) in [6.07, 6.45) is 0. The number of ether oxygens (including phenoxy) is 1. The van der Waals surface area contributed by atoms with Gasteiger partial charge in [-0.05, 0) is 55.5 Å². The van der Waals surface area contributed by atoms with Crippen molar-refractivity contribution in [3.8, 4) is 5.75 Å². The van der Waals surface area contributed by atoms with Crippen molar-refractivity contribution in [2.24, 2.45) is 0 Å². The third-order valence-corrected chi connectivity index (χ3v) is 7.68. The fourth-order valence-corrected chi connectivity index (χ4v) is 5.00. The molecule has 0 aromatic heterocycles. The number of benzene rings is 3. The molecule has 0 saturated carbocycles. The van der Waals surface area contributed by atoms with E-state index >= 15 is 0 Å². The molecule has 1 N–H and O–H groups in total. The zero-order chi connectivity index (χ0) is 23.1. The summed E-state index contributed by atoms with van der Waals surface area (Å²) in [5.41, 5.74) is 2.05. The number of nitrogens with zero attached hydrogens (tertiary/aromatic N) is 1. The van der Waals surface area contributed by atoms with Crippen molar-refractivity contribution in [2.75, 3.05) is 30.8 Å². The van der Waals surface area contributed by atoms with E-state index in [1.54, 1.807) is 36.0 Å². The van der Waals surface area contributed by atoms with E-state index in [1.807, 2.05) is 6.92 Å². The number of methoxy groups -OCH3 is 1. The molecule has 3 aromatic rings. The number of carbonyl (C=O) groups excluding carboxylic acids is 1. The van der Waals surface area contributed by atoms with Gasteiger partial charge in [0, 0.05) is 29.8 Å². The van der Waals surface area contributed by atoms with E-state index in [1.165, 1.54) is 48.3 Å². The zero-order valence-corrected chi connectivity index (χ0v) is 19.9. The number of carbonyl (C=O) groups is 1. The van der Waals surface area contributed by atoms with Crippen LogP contribution < -0.4 is 14.4 Å². The number of aryl methyl sites for hydroxylation is 1. The van der Waals surface area contributed by atoms with Crippen molar-refractivity contribution in [1.82, 2.24) is 5.32 Å². The van der Waals surface area contributed by atoms with Gasteiger partial charge in [-0.1, -0.05) is 29.8 Å². The van der Waals surface area contributed by atoms with Gasteiger partial charge in [-0.25, -0.2) is 8.42 Å². The monoisotopic (exact) mass is 470 g/mol. The Morgan fingerprint density at radius 2 is 1.66 bits per heavy atom. The van der Waals surface area contributed by atoms with Gasteiger partial charge in [0.1, 0.15) is 5.75 Å². The summed E-state index contributed by atoms with van der Waals surface area (Å²) in [7, 11) is -0.840. The molecule has 0 fully saturated rings. The number of hydrogen-bond acceptors (Lipinski definition) is 5. The van der Waals surface area contributed by atoms with Gasteiger partial charge in [-0.3, -0.25) is 9.10 Å². The second-order valence-electron chi connectivity index (χ2n) is 7.09. The first-order valence-electron chi connectivity index (χ1n) is 10.0. The quantitative estimate of drug-likeness (QED) is 0.372. The van der Waals surface area contributed by atoms with Gasteiger partial charge in [-0.2, -0.15) is 0 Å². The fourth-order valence-electron chi connectivity index (χ4n) is 3.03. The van der Waals surface area contributed by atoms with E-state index in [2.05, 4.69) is 29.6 Å². The number of amides is 1. The van der Waals surface area contributed by atoms with Gasteiger partial charge in [0.25, 0.3) is 15.9 Å². The molecule has 32 heavy (non-hydrogen) atoms. The first-order chi connectivity index (χ1) is 15.3. The molecule has 0 unspecified atom stereocenters. The van der Waals surface area contributed by atoms with Crippen LogP contribution in [0, 0.1) is 6.92 Å². The summed E-state index contributed by atoms with van der Waals surface area (Å²) >= 11 is 1.67. The summed E-state index contributed by atoms with van der Waals surface area (Å²) in [6.45, 7) is 2.55. The molecule has 0 saturated heterocycles. The topological polar surface area (TPSA) is 75.7 Å². The smallest absolute Gasteiger partial charge is 0.264 e. The van der Waals surface area contributed by atoms with E-state index in [0.29, 0.717) is 23.5 Å². The van der Waals surface area contributed by atoms with Gasteiger partial charge >= 0.3 is 0 Å². The van der Waals surface area contributed by atoms with Crippen LogP contribution in [0.4, 0.5) is 5.69 Å². The van der Waals surface area contributed by atoms with Crippen LogP contribution in [-0.4, -0.2) is 40.8 Å². The maximum Gasteiger partial charge on any atom is 0.264 e. The second-order valence-corrected chi connectivity index (χ2v) is 10.2. The Morgan fingerprint density at radius 1 is 1.00 bits per heavy atom. The normalized spacial score (nSPS) is 11.1. The van der Waals surface area contributed by atoms with Crippen LogP contribution in [0.15, 0.2) is 82.6 Å². The highest BCUT2D eigenvalue weighted by Gasteiger charge is 2.23. The first-order valence-corrected chi connectivity index (χ1v) is 12.4. The third kappa shape index (κ3) is 5.63. The molecular formula is C24H26N2O4S2. The predicted octanol–water partition coefficient (Wildman–Crippen LogP) is 4.35. The minimum absolute atomic E-state index is 0.0948. The molecule has 6 nitrogen and oxygen atoms in total. The summed E-state index contributed by atoms with van der Waals surface area (Å²) < 4.78 is 32.5. The molecule has 0 heterocycles. The van der Waals surface area contributed by atoms with Gasteiger partial charge in [0.15, 0.2) is 0 Å². The predicted molar refractivity (Wildman–Crippen MR) is 129 cm³/mol. The Hall–Kier alpha value is -2.97. The van der Waals surface area contributed by atoms with Crippen LogP contribution in [-0.2, 0) is 10.0 Å². The molecule has 0 atom stereocenters. The van der Waals surface area contributed by atoms with Crippen LogP contribution >= 0.6 is 11.8 Å². The van der Waals surface area contributed by atoms with Crippen LogP contribution in [0.2, 0.25) is 0 Å². The average Bonchev–Trinajstić information content (AvgIpc) is 2.82. The Morgan fingerprint density at radius 3 is 2.31 bits per heavy atom. The minimum atomic E-state index is -3.80. The van der Waals surface area contributed by atoms with Gasteiger partial charge in [0.2, 0.25) is 0 Å². The van der Waals surface area contributed by atoms with E-state index in [4.69, 9.17) is 4.74 Å². The van der Waals surface area contributed by atoms with E-state index in [-0.39, 0.29) is 10.8 Å². The molecule has 0 aliphatic carbocycles. The number of para-hydroxylation sites is 2. The molecule has 8 heteroatoms. The highest BCUT2D eigenvalue weighted by Crippen LogP contribution is 2.30. The van der Waals surface area contributed by atoms with Crippen molar-refractivity contribution < 1.29 is 17.9 Å². The van der Waals surface area contributed by atoms with E-state index in [9.17, 15) is 13.2 Å². The van der Waals surface area contributed by atoms with Crippen molar-refractivity contribution >= 4 is 33.4 Å². The third-order valence-electron chi connectivity index (χ3n) is 4.88. The number of hydrogen-bond donors (Lipinski definition) is 1. The number of nitrogens with one attached hydrogen (secondary N) is 1. The maximum absolute atomic E-state index is 13.0. The zero-order valence-electron chi connectivity index (χ0n) is 18.2. The summed E-state index contributed by atoms with van der Waals surface area (Å²) in [5.74, 6) is 0.958.